The van der Waals surface area contributed by atoms with Crippen LogP contribution in [0, 0.1) is 5.92 Å². The topological polar surface area (TPSA) is 41.8 Å². The van der Waals surface area contributed by atoms with Crippen LogP contribution in [0.1, 0.15) is 71.4 Å². The number of carbonyl (C=O) groups is 1. The molecule has 1 atom stereocenters. The molecule has 49 heavy (non-hydrogen) atoms. The molecular formula is C43H48ClN2O3+. The van der Waals surface area contributed by atoms with Gasteiger partial charge in [-0.05, 0) is 89.3 Å². The molecule has 1 aliphatic carbocycles. The summed E-state index contributed by atoms with van der Waals surface area (Å²) in [7, 11) is 0. The normalized spacial score (nSPS) is 19.3. The highest BCUT2D eigenvalue weighted by atomic mass is 35.5. The Kier molecular flexibility index (Phi) is 10.5. The van der Waals surface area contributed by atoms with Crippen molar-refractivity contribution in [2.45, 2.75) is 71.1 Å². The lowest BCUT2D eigenvalue weighted by Crippen LogP contribution is -2.29. The van der Waals surface area contributed by atoms with Crippen LogP contribution in [0.15, 0.2) is 119 Å². The summed E-state index contributed by atoms with van der Waals surface area (Å²) in [5.74, 6) is 0.357. The average Bonchev–Trinajstić information content (AvgIpc) is 3.45. The lowest BCUT2D eigenvalue weighted by molar-refractivity contribution is -0.433. The first kappa shape index (κ1) is 34.7. The number of ether oxygens (including phenoxy) is 2. The summed E-state index contributed by atoms with van der Waals surface area (Å²) in [5, 5.41) is 0.915. The quantitative estimate of drug-likeness (QED) is 0.0667. The third-order valence-electron chi connectivity index (χ3n) is 10.2. The molecule has 0 N–H and O–H groups in total. The van der Waals surface area contributed by atoms with Crippen molar-refractivity contribution < 1.29 is 18.8 Å². The van der Waals surface area contributed by atoms with Crippen molar-refractivity contribution in [3.8, 4) is 5.75 Å². The second kappa shape index (κ2) is 14.8. The summed E-state index contributed by atoms with van der Waals surface area (Å²) < 4.78 is 13.8. The van der Waals surface area contributed by atoms with Gasteiger partial charge >= 0.3 is 5.97 Å². The van der Waals surface area contributed by atoms with Crippen molar-refractivity contribution >= 4 is 34.7 Å². The maximum atomic E-state index is 12.3. The van der Waals surface area contributed by atoms with Crippen LogP contribution in [0.2, 0.25) is 0 Å². The molecule has 3 aromatic rings. The molecule has 0 saturated heterocycles. The highest BCUT2D eigenvalue weighted by Gasteiger charge is 2.43. The Labute approximate surface area is 296 Å². The second-order valence-electron chi connectivity index (χ2n) is 14.1. The predicted molar refractivity (Wildman–Crippen MR) is 200 cm³/mol. The van der Waals surface area contributed by atoms with Crippen molar-refractivity contribution in [3.63, 3.8) is 0 Å². The molecule has 0 amide bonds. The van der Waals surface area contributed by atoms with Crippen LogP contribution in [0.5, 0.6) is 5.75 Å². The number of carbonyl (C=O) groups excluding carboxylic acids is 1. The van der Waals surface area contributed by atoms with E-state index in [4.69, 9.17) is 21.1 Å². The van der Waals surface area contributed by atoms with Gasteiger partial charge < -0.3 is 14.4 Å². The molecule has 0 saturated carbocycles. The fourth-order valence-corrected chi connectivity index (χ4v) is 7.88. The molecular weight excluding hydrogens is 628 g/mol. The van der Waals surface area contributed by atoms with E-state index in [0.717, 1.165) is 36.5 Å². The van der Waals surface area contributed by atoms with Gasteiger partial charge in [-0.25, -0.2) is 0 Å². The van der Waals surface area contributed by atoms with E-state index in [1.54, 1.807) is 12.1 Å². The van der Waals surface area contributed by atoms with Crippen molar-refractivity contribution in [2.24, 2.45) is 5.92 Å². The fourth-order valence-electron chi connectivity index (χ4n) is 7.55. The molecule has 0 fully saturated rings. The highest BCUT2D eigenvalue weighted by molar-refractivity contribution is 6.30. The summed E-state index contributed by atoms with van der Waals surface area (Å²) in [6, 6.07) is 26.4. The number of para-hydroxylation sites is 3. The van der Waals surface area contributed by atoms with Crippen LogP contribution < -0.4 is 9.64 Å². The van der Waals surface area contributed by atoms with Gasteiger partial charge in [0.15, 0.2) is 5.71 Å². The summed E-state index contributed by atoms with van der Waals surface area (Å²) >= 11 is 7.20. The molecule has 254 valence electrons. The highest BCUT2D eigenvalue weighted by Crippen LogP contribution is 2.47. The van der Waals surface area contributed by atoms with Crippen molar-refractivity contribution in [1.29, 1.82) is 0 Å². The van der Waals surface area contributed by atoms with Gasteiger partial charge in [0.2, 0.25) is 5.69 Å². The maximum Gasteiger partial charge on any atom is 0.313 e. The molecule has 0 radical (unpaired) electrons. The number of halogens is 1. The molecule has 2 heterocycles. The number of rotatable bonds is 11. The number of anilines is 1. The molecule has 3 aromatic carbocycles. The minimum absolute atomic E-state index is 0.0732. The van der Waals surface area contributed by atoms with Crippen molar-refractivity contribution in [1.82, 2.24) is 0 Å². The van der Waals surface area contributed by atoms with Crippen LogP contribution in [0.3, 0.4) is 0 Å². The van der Waals surface area contributed by atoms with Gasteiger partial charge in [-0.15, -0.1) is 5.73 Å². The summed E-state index contributed by atoms with van der Waals surface area (Å²) in [4.78, 5) is 14.6. The molecule has 6 heteroatoms. The van der Waals surface area contributed by atoms with Crippen molar-refractivity contribution in [3.05, 3.63) is 130 Å². The Bertz CT molecular complexity index is 1860. The third-order valence-corrected chi connectivity index (χ3v) is 10.7. The molecule has 3 aliphatic rings. The second-order valence-corrected chi connectivity index (χ2v) is 14.5. The van der Waals surface area contributed by atoms with E-state index in [1.807, 2.05) is 18.2 Å². The number of fused-ring (bicyclic) bond motifs is 2. The largest absolute Gasteiger partial charge is 0.426 e. The number of hydrogen-bond donors (Lipinski definition) is 0. The minimum Gasteiger partial charge on any atom is -0.426 e. The van der Waals surface area contributed by atoms with Gasteiger partial charge in [-0.3, -0.25) is 4.79 Å². The Morgan fingerprint density at radius 3 is 2.43 bits per heavy atom. The molecule has 1 unspecified atom stereocenters. The fraction of sp³-hybridized carbons (Fsp3) is 0.372. The van der Waals surface area contributed by atoms with E-state index in [-0.39, 0.29) is 29.1 Å². The Morgan fingerprint density at radius 2 is 1.65 bits per heavy atom. The number of nitrogens with zero attached hydrogens (tertiary/aromatic N) is 2. The van der Waals surface area contributed by atoms with Gasteiger partial charge in [0.05, 0.1) is 30.7 Å². The predicted octanol–water partition coefficient (Wildman–Crippen LogP) is 9.78. The van der Waals surface area contributed by atoms with E-state index in [2.05, 4.69) is 117 Å². The van der Waals surface area contributed by atoms with Crippen LogP contribution in [-0.2, 0) is 20.4 Å². The molecule has 0 spiro atoms. The molecule has 5 nitrogen and oxygen atoms in total. The van der Waals surface area contributed by atoms with Crippen LogP contribution in [0.4, 0.5) is 11.4 Å². The Hall–Kier alpha value is -4.15. The van der Waals surface area contributed by atoms with E-state index < -0.39 is 0 Å². The van der Waals surface area contributed by atoms with E-state index in [0.29, 0.717) is 25.5 Å². The SMILES string of the molecule is CC[N+]1=C(/C=C/C2=C(Cl)C(C=C=C3N(CCOCCC(=O)Oc4ccccc4)c4ccccc4C3(C)C)CCC2)C(C)(C)c2ccccc21. The monoisotopic (exact) mass is 675 g/mol. The van der Waals surface area contributed by atoms with Crippen LogP contribution in [-0.4, -0.2) is 42.6 Å². The average molecular weight is 676 g/mol. The first-order chi connectivity index (χ1) is 23.6. The lowest BCUT2D eigenvalue weighted by Gasteiger charge is -2.26. The van der Waals surface area contributed by atoms with E-state index in [1.165, 1.54) is 33.8 Å². The summed E-state index contributed by atoms with van der Waals surface area (Å²) in [6.45, 7) is 13.7. The lowest BCUT2D eigenvalue weighted by atomic mass is 9.81. The van der Waals surface area contributed by atoms with E-state index in [9.17, 15) is 4.79 Å². The van der Waals surface area contributed by atoms with Crippen molar-refractivity contribution in [2.75, 3.05) is 31.2 Å². The van der Waals surface area contributed by atoms with Gasteiger partial charge in [0, 0.05) is 46.3 Å². The number of allylic oxidation sites excluding steroid dienone is 5. The molecule has 0 bridgehead atoms. The minimum atomic E-state index is -0.299. The number of esters is 1. The zero-order valence-corrected chi connectivity index (χ0v) is 30.2. The van der Waals surface area contributed by atoms with Crippen LogP contribution >= 0.6 is 11.6 Å². The molecule has 6 rings (SSSR count). The van der Waals surface area contributed by atoms with Gasteiger partial charge in [-0.1, -0.05) is 72.3 Å². The Morgan fingerprint density at radius 1 is 0.939 bits per heavy atom. The zero-order chi connectivity index (χ0) is 34.6. The first-order valence-electron chi connectivity index (χ1n) is 17.6. The summed E-state index contributed by atoms with van der Waals surface area (Å²) in [6.07, 6.45) is 10.00. The van der Waals surface area contributed by atoms with Gasteiger partial charge in [0.1, 0.15) is 12.3 Å². The van der Waals surface area contributed by atoms with Crippen LogP contribution in [0.25, 0.3) is 0 Å². The first-order valence-corrected chi connectivity index (χ1v) is 18.0. The number of benzene rings is 3. The van der Waals surface area contributed by atoms with Gasteiger partial charge in [-0.2, -0.15) is 4.58 Å². The third kappa shape index (κ3) is 7.12. The zero-order valence-electron chi connectivity index (χ0n) is 29.5. The standard InChI is InChI=1S/C43H48ClN2O3/c1-6-45-36-21-12-10-19-34(36)42(2,3)38(45)25-23-31-15-14-16-32(41(31)44)24-26-39-43(4,5)35-20-11-13-22-37(35)46(39)28-30-48-29-27-40(47)49-33-17-8-7-9-18-33/h7-13,17-25,32H,6,14-16,27-30H2,1-5H3/q+1/b25-23+. The molecule has 0 aromatic heterocycles. The van der Waals surface area contributed by atoms with E-state index >= 15 is 0 Å². The van der Waals surface area contributed by atoms with Gasteiger partial charge in [0.25, 0.3) is 0 Å². The Balaban J connectivity index is 1.18. The number of hydrogen-bond acceptors (Lipinski definition) is 4. The summed E-state index contributed by atoms with van der Waals surface area (Å²) in [5.41, 5.74) is 12.2. The smallest absolute Gasteiger partial charge is 0.313 e. The maximum absolute atomic E-state index is 12.3. The molecule has 2 aliphatic heterocycles.